The van der Waals surface area contributed by atoms with Crippen LogP contribution in [-0.4, -0.2) is 9.55 Å². The number of para-hydroxylation sites is 2. The average molecular weight is 610 g/mol. The van der Waals surface area contributed by atoms with Crippen molar-refractivity contribution in [3.05, 3.63) is 156 Å². The van der Waals surface area contributed by atoms with Crippen molar-refractivity contribution < 1.29 is 26.0 Å². The number of rotatable bonds is 4. The van der Waals surface area contributed by atoms with Gasteiger partial charge in [-0.2, -0.15) is 0 Å². The zero-order valence-corrected chi connectivity index (χ0v) is 24.1. The Morgan fingerprint density at radius 3 is 1.98 bits per heavy atom. The zero-order valence-electron chi connectivity index (χ0n) is 43.1. The molecule has 2 heteroatoms. The lowest BCUT2D eigenvalue weighted by Gasteiger charge is -2.23. The van der Waals surface area contributed by atoms with Gasteiger partial charge in [-0.05, 0) is 96.4 Å². The number of aromatic nitrogens is 2. The van der Waals surface area contributed by atoms with Crippen molar-refractivity contribution in [1.82, 2.24) is 9.55 Å². The Labute approximate surface area is 296 Å². The highest BCUT2D eigenvalue weighted by Crippen LogP contribution is 2.51. The summed E-state index contributed by atoms with van der Waals surface area (Å²) in [6.45, 7) is -9.45. The Bertz CT molecular complexity index is 3250. The summed E-state index contributed by atoms with van der Waals surface area (Å²) in [6.07, 6.45) is -2.92. The molecule has 1 heterocycles. The van der Waals surface area contributed by atoms with E-state index in [1.165, 1.54) is 53.1 Å². The summed E-state index contributed by atoms with van der Waals surface area (Å²) in [5.74, 6) is -0.409. The number of hydrogen-bond donors (Lipinski definition) is 0. The van der Waals surface area contributed by atoms with Crippen molar-refractivity contribution in [1.29, 1.82) is 0 Å². The van der Waals surface area contributed by atoms with Gasteiger partial charge in [0.15, 0.2) is 0 Å². The van der Waals surface area contributed by atoms with E-state index in [1.54, 1.807) is 42.5 Å². The highest BCUT2D eigenvalue weighted by molar-refractivity contribution is 6.21. The molecule has 0 saturated carbocycles. The smallest absolute Gasteiger partial charge is 0.114 e. The fourth-order valence-electron chi connectivity index (χ4n) is 6.79. The highest BCUT2D eigenvalue weighted by atomic mass is 15.1. The van der Waals surface area contributed by atoms with Crippen LogP contribution in [0.15, 0.2) is 139 Å². The zero-order chi connectivity index (χ0) is 47.2. The first-order valence-electron chi connectivity index (χ1n) is 24.1. The molecule has 0 saturated heterocycles. The van der Waals surface area contributed by atoms with Gasteiger partial charge in [0.25, 0.3) is 0 Å². The number of hydrogen-bond acceptors (Lipinski definition) is 1. The molecule has 0 unspecified atom stereocenters. The van der Waals surface area contributed by atoms with Gasteiger partial charge in [0, 0.05) is 32.6 Å². The molecule has 220 valence electrons. The van der Waals surface area contributed by atoms with Crippen LogP contribution < -0.4 is 0 Å². The minimum Gasteiger partial charge on any atom is -0.296 e. The molecule has 7 aromatic carbocycles. The molecule has 1 aliphatic carbocycles. The van der Waals surface area contributed by atoms with Crippen molar-refractivity contribution in [2.45, 2.75) is 32.3 Å². The minimum absolute atomic E-state index is 0.0225. The summed E-state index contributed by atoms with van der Waals surface area (Å²) in [7, 11) is 0. The van der Waals surface area contributed by atoms with Gasteiger partial charge in [-0.1, -0.05) is 130 Å². The van der Waals surface area contributed by atoms with Gasteiger partial charge >= 0.3 is 0 Å². The molecule has 9 rings (SSSR count). The van der Waals surface area contributed by atoms with E-state index in [0.29, 0.717) is 22.2 Å². The summed E-state index contributed by atoms with van der Waals surface area (Å²) in [5.41, 5.74) is -0.950. The third kappa shape index (κ3) is 3.80. The lowest BCUT2D eigenvalue weighted by molar-refractivity contribution is 0.660. The molecule has 1 aromatic heterocycles. The normalized spacial score (nSPS) is 20.5. The highest BCUT2D eigenvalue weighted by Gasteiger charge is 2.35. The fraction of sp³-hybridized carbons (Fsp3) is 0.114. The molecule has 0 amide bonds. The molecule has 1 aliphatic rings. The van der Waals surface area contributed by atoms with Crippen LogP contribution in [0.1, 0.15) is 63.6 Å². The Balaban J connectivity index is 1.41. The third-order valence-corrected chi connectivity index (χ3v) is 8.80. The fourth-order valence-corrected chi connectivity index (χ4v) is 6.79. The van der Waals surface area contributed by atoms with Crippen LogP contribution in [0, 0.1) is 0 Å². The summed E-state index contributed by atoms with van der Waals surface area (Å²) in [5, 5.41) is -0.702. The molecule has 0 N–H and O–H groups in total. The van der Waals surface area contributed by atoms with Gasteiger partial charge in [0.2, 0.25) is 0 Å². The molecule has 0 bridgehead atoms. The van der Waals surface area contributed by atoms with Crippen molar-refractivity contribution in [3.8, 4) is 39.1 Å². The predicted octanol–water partition coefficient (Wildman–Crippen LogP) is 11.5. The number of nitrogens with zero attached hydrogens (tertiary/aromatic N) is 2. The van der Waals surface area contributed by atoms with E-state index in [4.69, 9.17) is 20.6 Å². The van der Waals surface area contributed by atoms with Crippen molar-refractivity contribution in [2.75, 3.05) is 0 Å². The molecule has 46 heavy (non-hydrogen) atoms. The summed E-state index contributed by atoms with van der Waals surface area (Å²) >= 11 is 0. The second-order valence-electron chi connectivity index (χ2n) is 11.2. The first-order valence-corrected chi connectivity index (χ1v) is 14.6. The van der Waals surface area contributed by atoms with Gasteiger partial charge in [0.1, 0.15) is 5.82 Å². The number of aryl methyl sites for hydroxylation is 1. The molecule has 0 aliphatic heterocycles. The molecule has 2 nitrogen and oxygen atoms in total. The van der Waals surface area contributed by atoms with Crippen molar-refractivity contribution >= 4 is 32.6 Å². The minimum atomic E-state index is -3.16. The maximum atomic E-state index is 9.39. The Hall–Kier alpha value is -5.47. The monoisotopic (exact) mass is 609 g/mol. The second-order valence-corrected chi connectivity index (χ2v) is 11.2. The van der Waals surface area contributed by atoms with Crippen LogP contribution in [0.25, 0.3) is 71.6 Å². The number of imidazole rings is 1. The van der Waals surface area contributed by atoms with Crippen molar-refractivity contribution in [3.63, 3.8) is 0 Å². The standard InChI is InChI=1S/C44H34N2/c1-4-41-45-39-19-11-12-20-40(39)46(41)30-24-21-28(22-25-30)42-33-14-5-7-16-35(33)43(36-17-8-6-15-34(36)42)29-23-26-32-31-13-9-10-18-37(31)44(2,3)38(32)27-29/h5-27H,4H2,1-3H3/i1D3,2D3,3D3,4D2,5D,6D,7D,8D,14D,15D,16D,17D. The topological polar surface area (TPSA) is 17.8 Å². The van der Waals surface area contributed by atoms with E-state index in [9.17, 15) is 5.48 Å². The maximum absolute atomic E-state index is 9.39. The molecular formula is C44H34N2. The van der Waals surface area contributed by atoms with Gasteiger partial charge < -0.3 is 0 Å². The molecule has 0 fully saturated rings. The van der Waals surface area contributed by atoms with Gasteiger partial charge in [-0.25, -0.2) is 4.98 Å². The summed E-state index contributed by atoms with van der Waals surface area (Å²) < 4.78 is 168. The Morgan fingerprint density at radius 2 is 1.28 bits per heavy atom. The van der Waals surface area contributed by atoms with Crippen LogP contribution in [-0.2, 0) is 11.8 Å². The van der Waals surface area contributed by atoms with Crippen LogP contribution in [0.4, 0.5) is 0 Å². The lowest BCUT2D eigenvalue weighted by atomic mass is 9.80. The average Bonchev–Trinajstić information content (AvgIpc) is 3.80. The quantitative estimate of drug-likeness (QED) is 0.182. The van der Waals surface area contributed by atoms with E-state index >= 15 is 0 Å². The first-order chi connectivity index (χ1) is 30.3. The number of fused-ring (bicyclic) bond motifs is 6. The maximum Gasteiger partial charge on any atom is 0.114 e. The molecule has 0 spiro atoms. The van der Waals surface area contributed by atoms with Gasteiger partial charge in [0.05, 0.1) is 22.0 Å². The van der Waals surface area contributed by atoms with E-state index in [0.717, 1.165) is 0 Å². The van der Waals surface area contributed by atoms with E-state index in [-0.39, 0.29) is 60.6 Å². The van der Waals surface area contributed by atoms with Crippen molar-refractivity contribution in [2.24, 2.45) is 0 Å². The number of benzene rings is 7. The van der Waals surface area contributed by atoms with Crippen LogP contribution >= 0.6 is 0 Å². The predicted molar refractivity (Wildman–Crippen MR) is 194 cm³/mol. The van der Waals surface area contributed by atoms with Gasteiger partial charge in [-0.15, -0.1) is 0 Å². The van der Waals surface area contributed by atoms with Crippen LogP contribution in [0.2, 0.25) is 0 Å². The summed E-state index contributed by atoms with van der Waals surface area (Å²) in [6, 6.07) is 18.2. The third-order valence-electron chi connectivity index (χ3n) is 8.80. The largest absolute Gasteiger partial charge is 0.296 e. The summed E-state index contributed by atoms with van der Waals surface area (Å²) in [4.78, 5) is 4.37. The Morgan fingerprint density at radius 1 is 0.674 bits per heavy atom. The molecular weight excluding hydrogens is 556 g/mol. The van der Waals surface area contributed by atoms with Crippen LogP contribution in [0.5, 0.6) is 0 Å². The molecule has 8 aromatic rings. The Kier molecular flexibility index (Phi) is 3.03. The molecule has 0 atom stereocenters. The van der Waals surface area contributed by atoms with Crippen LogP contribution in [0.3, 0.4) is 0 Å². The lowest BCUT2D eigenvalue weighted by Crippen LogP contribution is -2.14. The van der Waals surface area contributed by atoms with E-state index in [1.807, 2.05) is 0 Å². The molecule has 0 radical (unpaired) electrons. The van der Waals surface area contributed by atoms with E-state index in [2.05, 4.69) is 4.98 Å². The van der Waals surface area contributed by atoms with E-state index < -0.39 is 86.5 Å². The second kappa shape index (κ2) is 10.0. The van der Waals surface area contributed by atoms with Gasteiger partial charge in [-0.3, -0.25) is 4.57 Å². The SMILES string of the molecule is [2H]c1c([2H])c([2H])c2c(-c3ccc4c(c3)C(C([2H])([2H])[2H])(C([2H])([2H])[2H])c3ccccc3-4)c3c([2H])c([2H])c([2H])c([2H])c3c(-c3ccc(-n4c(C([2H])([2H])C([2H])([2H])[2H])nc5ccccc54)cc3)c2c1[2H]. The first kappa shape index (κ1) is 13.9.